The SMILES string of the molecule is COc1ccccc1C(NC(=O)C1CCNCC1)c1ccccc1Cl.Cl. The second-order valence-electron chi connectivity index (χ2n) is 6.23. The zero-order valence-electron chi connectivity index (χ0n) is 14.7. The number of piperidine rings is 1. The van der Waals surface area contributed by atoms with Gasteiger partial charge in [0.05, 0.1) is 13.2 Å². The first kappa shape index (κ1) is 20.6. The molecule has 0 saturated carbocycles. The van der Waals surface area contributed by atoms with E-state index in [2.05, 4.69) is 10.6 Å². The van der Waals surface area contributed by atoms with Crippen LogP contribution in [0.3, 0.4) is 0 Å². The zero-order valence-corrected chi connectivity index (χ0v) is 16.3. The summed E-state index contributed by atoms with van der Waals surface area (Å²) >= 11 is 6.43. The van der Waals surface area contributed by atoms with Gasteiger partial charge in [-0.1, -0.05) is 48.0 Å². The minimum absolute atomic E-state index is 0. The van der Waals surface area contributed by atoms with Crippen LogP contribution in [-0.4, -0.2) is 26.1 Å². The van der Waals surface area contributed by atoms with E-state index >= 15 is 0 Å². The van der Waals surface area contributed by atoms with Crippen molar-refractivity contribution in [2.75, 3.05) is 20.2 Å². The molecule has 140 valence electrons. The Balaban J connectivity index is 0.00000243. The van der Waals surface area contributed by atoms with Gasteiger partial charge < -0.3 is 15.4 Å². The molecule has 4 nitrogen and oxygen atoms in total. The molecule has 6 heteroatoms. The van der Waals surface area contributed by atoms with E-state index in [-0.39, 0.29) is 30.3 Å². The maximum atomic E-state index is 12.8. The van der Waals surface area contributed by atoms with E-state index in [1.807, 2.05) is 48.5 Å². The number of hydrogen-bond acceptors (Lipinski definition) is 3. The Kier molecular flexibility index (Phi) is 7.76. The van der Waals surface area contributed by atoms with Gasteiger partial charge in [0.15, 0.2) is 0 Å². The highest BCUT2D eigenvalue weighted by Crippen LogP contribution is 2.34. The summed E-state index contributed by atoms with van der Waals surface area (Å²) in [7, 11) is 1.64. The van der Waals surface area contributed by atoms with Gasteiger partial charge in [-0.25, -0.2) is 0 Å². The molecule has 3 rings (SSSR count). The van der Waals surface area contributed by atoms with Gasteiger partial charge in [0.25, 0.3) is 0 Å². The summed E-state index contributed by atoms with van der Waals surface area (Å²) in [5.41, 5.74) is 1.77. The van der Waals surface area contributed by atoms with Crippen LogP contribution in [0.25, 0.3) is 0 Å². The number of carbonyl (C=O) groups excluding carboxylic acids is 1. The van der Waals surface area contributed by atoms with E-state index in [0.29, 0.717) is 5.02 Å². The van der Waals surface area contributed by atoms with Crippen LogP contribution in [0.1, 0.15) is 30.0 Å². The normalized spacial score (nSPS) is 15.6. The Hall–Kier alpha value is -1.75. The third-order valence-electron chi connectivity index (χ3n) is 4.66. The molecule has 1 unspecified atom stereocenters. The summed E-state index contributed by atoms with van der Waals surface area (Å²) in [6, 6.07) is 15.0. The van der Waals surface area contributed by atoms with E-state index in [9.17, 15) is 4.79 Å². The van der Waals surface area contributed by atoms with Gasteiger partial charge in [-0.2, -0.15) is 0 Å². The van der Waals surface area contributed by atoms with Gasteiger partial charge >= 0.3 is 0 Å². The first-order chi connectivity index (χ1) is 12.2. The van der Waals surface area contributed by atoms with Gasteiger partial charge in [-0.15, -0.1) is 12.4 Å². The highest BCUT2D eigenvalue weighted by molar-refractivity contribution is 6.31. The van der Waals surface area contributed by atoms with Crippen LogP contribution >= 0.6 is 24.0 Å². The Bertz CT molecular complexity index is 733. The van der Waals surface area contributed by atoms with E-state index < -0.39 is 0 Å². The van der Waals surface area contributed by atoms with Crippen molar-refractivity contribution in [3.05, 3.63) is 64.7 Å². The van der Waals surface area contributed by atoms with Gasteiger partial charge in [0.2, 0.25) is 5.91 Å². The number of rotatable bonds is 5. The fraction of sp³-hybridized carbons (Fsp3) is 0.350. The Morgan fingerprint density at radius 2 is 1.73 bits per heavy atom. The molecule has 1 saturated heterocycles. The first-order valence-corrected chi connectivity index (χ1v) is 8.97. The fourth-order valence-electron chi connectivity index (χ4n) is 3.28. The van der Waals surface area contributed by atoms with Gasteiger partial charge in [0.1, 0.15) is 5.75 Å². The summed E-state index contributed by atoms with van der Waals surface area (Å²) in [4.78, 5) is 12.8. The van der Waals surface area contributed by atoms with Crippen LogP contribution in [0.5, 0.6) is 5.75 Å². The standard InChI is InChI=1S/C20H23ClN2O2.ClH/c1-25-18-9-5-3-7-16(18)19(15-6-2-4-8-17(15)21)23-20(24)14-10-12-22-13-11-14;/h2-9,14,19,22H,10-13H2,1H3,(H,23,24);1H. The van der Waals surface area contributed by atoms with Crippen molar-refractivity contribution in [1.29, 1.82) is 0 Å². The van der Waals surface area contributed by atoms with Crippen molar-refractivity contribution in [3.63, 3.8) is 0 Å². The minimum atomic E-state index is -0.341. The van der Waals surface area contributed by atoms with Gasteiger partial charge in [0, 0.05) is 16.5 Å². The number of hydrogen-bond donors (Lipinski definition) is 2. The summed E-state index contributed by atoms with van der Waals surface area (Å²) in [6.45, 7) is 1.76. The highest BCUT2D eigenvalue weighted by Gasteiger charge is 2.27. The molecule has 1 atom stereocenters. The number of nitrogens with one attached hydrogen (secondary N) is 2. The molecule has 2 aromatic carbocycles. The fourth-order valence-corrected chi connectivity index (χ4v) is 3.53. The Labute approximate surface area is 165 Å². The second-order valence-corrected chi connectivity index (χ2v) is 6.64. The summed E-state index contributed by atoms with van der Waals surface area (Å²) in [6.07, 6.45) is 1.71. The van der Waals surface area contributed by atoms with Gasteiger partial charge in [-0.3, -0.25) is 4.79 Å². The third-order valence-corrected chi connectivity index (χ3v) is 5.01. The molecule has 1 aliphatic rings. The van der Waals surface area contributed by atoms with Crippen LogP contribution in [0.2, 0.25) is 5.02 Å². The topological polar surface area (TPSA) is 50.4 Å². The average molecular weight is 395 g/mol. The van der Waals surface area contributed by atoms with Crippen LogP contribution < -0.4 is 15.4 Å². The molecule has 2 aromatic rings. The first-order valence-electron chi connectivity index (χ1n) is 8.59. The van der Waals surface area contributed by atoms with Crippen molar-refractivity contribution < 1.29 is 9.53 Å². The molecule has 0 spiro atoms. The van der Waals surface area contributed by atoms with E-state index in [4.69, 9.17) is 16.3 Å². The van der Waals surface area contributed by atoms with Crippen LogP contribution in [0, 0.1) is 5.92 Å². The summed E-state index contributed by atoms with van der Waals surface area (Å²) < 4.78 is 5.51. The smallest absolute Gasteiger partial charge is 0.223 e. The lowest BCUT2D eigenvalue weighted by atomic mass is 9.93. The number of amides is 1. The minimum Gasteiger partial charge on any atom is -0.496 e. The summed E-state index contributed by atoms with van der Waals surface area (Å²) in [5, 5.41) is 7.12. The van der Waals surface area contributed by atoms with E-state index in [1.165, 1.54) is 0 Å². The summed E-state index contributed by atoms with van der Waals surface area (Å²) in [5.74, 6) is 0.830. The molecule has 0 aliphatic carbocycles. The van der Waals surface area contributed by atoms with Crippen molar-refractivity contribution in [3.8, 4) is 5.75 Å². The molecule has 0 radical (unpaired) electrons. The number of para-hydroxylation sites is 1. The maximum Gasteiger partial charge on any atom is 0.223 e. The Morgan fingerprint density at radius 1 is 1.12 bits per heavy atom. The number of benzene rings is 2. The number of methoxy groups -OCH3 is 1. The monoisotopic (exact) mass is 394 g/mol. The van der Waals surface area contributed by atoms with E-state index in [1.54, 1.807) is 7.11 Å². The molecule has 1 fully saturated rings. The lowest BCUT2D eigenvalue weighted by molar-refractivity contribution is -0.126. The zero-order chi connectivity index (χ0) is 17.6. The van der Waals surface area contributed by atoms with E-state index in [0.717, 1.165) is 42.8 Å². The highest BCUT2D eigenvalue weighted by atomic mass is 35.5. The van der Waals surface area contributed by atoms with Crippen LogP contribution in [0.15, 0.2) is 48.5 Å². The third kappa shape index (κ3) is 4.70. The average Bonchev–Trinajstić information content (AvgIpc) is 2.67. The van der Waals surface area contributed by atoms with Crippen LogP contribution in [-0.2, 0) is 4.79 Å². The maximum absolute atomic E-state index is 12.8. The second kappa shape index (κ2) is 9.81. The number of carbonyl (C=O) groups is 1. The van der Waals surface area contributed by atoms with Crippen molar-refractivity contribution >= 4 is 29.9 Å². The van der Waals surface area contributed by atoms with Crippen molar-refractivity contribution in [2.45, 2.75) is 18.9 Å². The molecule has 2 N–H and O–H groups in total. The van der Waals surface area contributed by atoms with Gasteiger partial charge in [-0.05, 0) is 43.6 Å². The number of halogens is 2. The quantitative estimate of drug-likeness (QED) is 0.806. The molecular weight excluding hydrogens is 371 g/mol. The molecular formula is C20H24Cl2N2O2. The lowest BCUT2D eigenvalue weighted by Crippen LogP contribution is -2.40. The molecule has 1 aliphatic heterocycles. The molecule has 0 aromatic heterocycles. The molecule has 1 amide bonds. The largest absolute Gasteiger partial charge is 0.496 e. The molecule has 26 heavy (non-hydrogen) atoms. The lowest BCUT2D eigenvalue weighted by Gasteiger charge is -2.27. The predicted molar refractivity (Wildman–Crippen MR) is 107 cm³/mol. The van der Waals surface area contributed by atoms with Crippen LogP contribution in [0.4, 0.5) is 0 Å². The molecule has 1 heterocycles. The van der Waals surface area contributed by atoms with Crippen molar-refractivity contribution in [1.82, 2.24) is 10.6 Å². The predicted octanol–water partition coefficient (Wildman–Crippen LogP) is 3.98. The Morgan fingerprint density at radius 3 is 2.38 bits per heavy atom. The number of ether oxygens (including phenoxy) is 1. The van der Waals surface area contributed by atoms with Crippen molar-refractivity contribution in [2.24, 2.45) is 5.92 Å². The molecule has 0 bridgehead atoms.